The van der Waals surface area contributed by atoms with Crippen molar-refractivity contribution in [3.8, 4) is 0 Å². The van der Waals surface area contributed by atoms with Crippen molar-refractivity contribution < 1.29 is 4.58 Å². The highest BCUT2D eigenvalue weighted by molar-refractivity contribution is 6.01. The molecule has 4 rings (SSSR count). The van der Waals surface area contributed by atoms with Crippen molar-refractivity contribution in [1.29, 1.82) is 0 Å². The Kier molecular flexibility index (Phi) is 1.70. The van der Waals surface area contributed by atoms with Crippen LogP contribution >= 0.6 is 0 Å². The molecular weight excluding hydrogens is 214 g/mol. The topological polar surface area (TPSA) is 25.1 Å². The normalized spacial score (nSPS) is 29.6. The zero-order valence-electron chi connectivity index (χ0n) is 9.95. The van der Waals surface area contributed by atoms with Crippen LogP contribution in [0.15, 0.2) is 29.4 Å². The van der Waals surface area contributed by atoms with Crippen LogP contribution in [0.5, 0.6) is 0 Å². The zero-order chi connectivity index (χ0) is 11.4. The smallest absolute Gasteiger partial charge is 0.269 e. The minimum absolute atomic E-state index is 0.313. The average Bonchev–Trinajstić information content (AvgIpc) is 2.96. The second-order valence-electron chi connectivity index (χ2n) is 4.80. The van der Waals surface area contributed by atoms with Crippen LogP contribution in [0.2, 0.25) is 0 Å². The lowest BCUT2D eigenvalue weighted by molar-refractivity contribution is -0.491. The summed E-state index contributed by atoms with van der Waals surface area (Å²) < 4.78 is 2.34. The van der Waals surface area contributed by atoms with E-state index in [1.807, 2.05) is 0 Å². The lowest BCUT2D eigenvalue weighted by atomic mass is 10.2. The monoisotopic (exact) mass is 230 g/mol. The van der Waals surface area contributed by atoms with Crippen molar-refractivity contribution >= 4 is 11.9 Å². The van der Waals surface area contributed by atoms with Gasteiger partial charge in [0, 0.05) is 6.20 Å². The minimum Gasteiger partial charge on any atom is -0.269 e. The van der Waals surface area contributed by atoms with Gasteiger partial charge in [-0.15, -0.1) is 0 Å². The summed E-state index contributed by atoms with van der Waals surface area (Å²) in [4.78, 5) is 11.7. The first-order chi connectivity index (χ1) is 8.36. The van der Waals surface area contributed by atoms with Crippen LogP contribution in [-0.4, -0.2) is 70.6 Å². The molecule has 0 aromatic heterocycles. The number of hydrogen-bond donors (Lipinski definition) is 0. The van der Waals surface area contributed by atoms with Gasteiger partial charge in [0.2, 0.25) is 0 Å². The molecule has 0 amide bonds. The van der Waals surface area contributed by atoms with E-state index in [9.17, 15) is 0 Å². The summed E-state index contributed by atoms with van der Waals surface area (Å²) >= 11 is 0. The predicted octanol–water partition coefficient (Wildman–Crippen LogP) is -0.303. The van der Waals surface area contributed by atoms with Crippen molar-refractivity contribution in [2.75, 3.05) is 33.2 Å². The summed E-state index contributed by atoms with van der Waals surface area (Å²) in [5.41, 5.74) is 0. The highest BCUT2D eigenvalue weighted by Crippen LogP contribution is 2.26. The molecule has 0 aliphatic carbocycles. The van der Waals surface area contributed by atoms with Gasteiger partial charge in [0.1, 0.15) is 0 Å². The van der Waals surface area contributed by atoms with E-state index in [1.165, 1.54) is 5.96 Å². The lowest BCUT2D eigenvalue weighted by Gasteiger charge is -2.40. The quantitative estimate of drug-likeness (QED) is 0.534. The Morgan fingerprint density at radius 1 is 1.35 bits per heavy atom. The summed E-state index contributed by atoms with van der Waals surface area (Å²) in [5.74, 6) is 2.43. The van der Waals surface area contributed by atoms with Crippen LogP contribution < -0.4 is 0 Å². The van der Waals surface area contributed by atoms with Gasteiger partial charge in [0.25, 0.3) is 5.96 Å². The largest absolute Gasteiger partial charge is 0.360 e. The van der Waals surface area contributed by atoms with E-state index in [2.05, 4.69) is 55.7 Å². The highest BCUT2D eigenvalue weighted by Gasteiger charge is 2.50. The molecule has 88 valence electrons. The van der Waals surface area contributed by atoms with Crippen LogP contribution in [-0.2, 0) is 0 Å². The fourth-order valence-electron chi connectivity index (χ4n) is 3.06. The van der Waals surface area contributed by atoms with Gasteiger partial charge in [-0.05, 0) is 12.2 Å². The maximum Gasteiger partial charge on any atom is 0.360 e. The fourth-order valence-corrected chi connectivity index (χ4v) is 3.06. The van der Waals surface area contributed by atoms with E-state index in [1.54, 1.807) is 0 Å². The number of fused-ring (bicyclic) bond motifs is 6. The van der Waals surface area contributed by atoms with E-state index in [0.717, 1.165) is 32.1 Å². The molecule has 4 heterocycles. The molecule has 0 spiro atoms. The standard InChI is InChI=1S/C12H16N5/c1-14-8-9-16-10-4-2-3-6-15(10)11-13-5-7-17(11)12(14)16/h2-4,6,10H,5,7-9H2,1H3/q+1. The Morgan fingerprint density at radius 2 is 2.29 bits per heavy atom. The molecule has 0 aromatic rings. The number of guanidine groups is 2. The molecule has 4 aliphatic heterocycles. The van der Waals surface area contributed by atoms with Crippen molar-refractivity contribution in [2.45, 2.75) is 6.17 Å². The van der Waals surface area contributed by atoms with Crippen molar-refractivity contribution in [2.24, 2.45) is 4.99 Å². The van der Waals surface area contributed by atoms with Crippen molar-refractivity contribution in [3.05, 3.63) is 24.4 Å². The Bertz CT molecular complexity index is 483. The number of aliphatic imine (C=N–C) groups is 1. The number of likely N-dealkylation sites (N-methyl/N-ethyl adjacent to an activating group) is 1. The van der Waals surface area contributed by atoms with Crippen LogP contribution in [0.25, 0.3) is 0 Å². The predicted molar refractivity (Wildman–Crippen MR) is 65.7 cm³/mol. The molecule has 0 N–H and O–H groups in total. The second kappa shape index (κ2) is 3.12. The molecule has 1 fully saturated rings. The van der Waals surface area contributed by atoms with Crippen LogP contribution in [0.1, 0.15) is 0 Å². The maximum absolute atomic E-state index is 4.65. The van der Waals surface area contributed by atoms with Crippen molar-refractivity contribution in [1.82, 2.24) is 14.7 Å². The SMILES string of the molecule is C[N+]1=C2N3CCN=C3N3C=CC=CC3N2CC1. The third kappa shape index (κ3) is 1.09. The molecule has 1 unspecified atom stereocenters. The zero-order valence-corrected chi connectivity index (χ0v) is 9.95. The van der Waals surface area contributed by atoms with E-state index >= 15 is 0 Å². The third-order valence-electron chi connectivity index (χ3n) is 3.81. The first-order valence-corrected chi connectivity index (χ1v) is 6.16. The van der Waals surface area contributed by atoms with Gasteiger partial charge in [-0.2, -0.15) is 4.90 Å². The molecule has 4 aliphatic rings. The second-order valence-corrected chi connectivity index (χ2v) is 4.80. The average molecular weight is 230 g/mol. The summed E-state index contributed by atoms with van der Waals surface area (Å²) in [6.07, 6.45) is 8.91. The molecule has 1 saturated heterocycles. The summed E-state index contributed by atoms with van der Waals surface area (Å²) in [6, 6.07) is 0. The third-order valence-corrected chi connectivity index (χ3v) is 3.81. The van der Waals surface area contributed by atoms with Gasteiger partial charge in [0.05, 0.1) is 33.2 Å². The first-order valence-electron chi connectivity index (χ1n) is 6.16. The number of allylic oxidation sites excluding steroid dienone is 2. The lowest BCUT2D eigenvalue weighted by Crippen LogP contribution is -2.64. The van der Waals surface area contributed by atoms with Gasteiger partial charge in [-0.1, -0.05) is 6.08 Å². The minimum atomic E-state index is 0.313. The van der Waals surface area contributed by atoms with Gasteiger partial charge in [-0.25, -0.2) is 9.89 Å². The van der Waals surface area contributed by atoms with E-state index in [4.69, 9.17) is 0 Å². The molecule has 5 nitrogen and oxygen atoms in total. The fraction of sp³-hybridized carbons (Fsp3) is 0.500. The number of nitrogens with zero attached hydrogens (tertiary/aromatic N) is 5. The van der Waals surface area contributed by atoms with Gasteiger partial charge < -0.3 is 0 Å². The Morgan fingerprint density at radius 3 is 3.24 bits per heavy atom. The summed E-state index contributed by atoms with van der Waals surface area (Å²) in [5, 5.41) is 0. The van der Waals surface area contributed by atoms with Crippen LogP contribution in [0, 0.1) is 0 Å². The molecule has 17 heavy (non-hydrogen) atoms. The van der Waals surface area contributed by atoms with E-state index in [-0.39, 0.29) is 0 Å². The molecule has 0 radical (unpaired) electrons. The molecular formula is C12H16N5+. The Balaban J connectivity index is 1.86. The van der Waals surface area contributed by atoms with Gasteiger partial charge in [0.15, 0.2) is 6.17 Å². The van der Waals surface area contributed by atoms with E-state index < -0.39 is 0 Å². The number of hydrogen-bond acceptors (Lipinski definition) is 4. The summed E-state index contributed by atoms with van der Waals surface area (Å²) in [7, 11) is 2.17. The van der Waals surface area contributed by atoms with Crippen LogP contribution in [0.3, 0.4) is 0 Å². The first kappa shape index (κ1) is 9.27. The van der Waals surface area contributed by atoms with Crippen LogP contribution in [0.4, 0.5) is 0 Å². The summed E-state index contributed by atoms with van der Waals surface area (Å²) in [6.45, 7) is 4.10. The Labute approximate surface area is 101 Å². The van der Waals surface area contributed by atoms with Gasteiger partial charge >= 0.3 is 5.96 Å². The van der Waals surface area contributed by atoms with E-state index in [0.29, 0.717) is 6.17 Å². The molecule has 0 aromatic carbocycles. The molecule has 0 saturated carbocycles. The highest BCUT2D eigenvalue weighted by atomic mass is 15.6. The number of rotatable bonds is 0. The molecule has 0 bridgehead atoms. The van der Waals surface area contributed by atoms with Crippen molar-refractivity contribution in [3.63, 3.8) is 0 Å². The molecule has 1 atom stereocenters. The maximum atomic E-state index is 4.65. The molecule has 5 heteroatoms. The Hall–Kier alpha value is -1.78. The van der Waals surface area contributed by atoms with Gasteiger partial charge in [-0.3, -0.25) is 9.48 Å².